The van der Waals surface area contributed by atoms with Crippen molar-refractivity contribution in [3.63, 3.8) is 0 Å². The molecule has 0 radical (unpaired) electrons. The van der Waals surface area contributed by atoms with E-state index in [1.807, 2.05) is 6.07 Å². The van der Waals surface area contributed by atoms with Gasteiger partial charge in [0.2, 0.25) is 0 Å². The van der Waals surface area contributed by atoms with Crippen molar-refractivity contribution in [3.05, 3.63) is 0 Å². The van der Waals surface area contributed by atoms with Gasteiger partial charge in [0.05, 0.1) is 12.2 Å². The fourth-order valence-corrected chi connectivity index (χ4v) is 0.657. The smallest absolute Gasteiger partial charge is 0.125 e. The second-order valence-corrected chi connectivity index (χ2v) is 1.72. The lowest BCUT2D eigenvalue weighted by Crippen LogP contribution is -2.40. The molecule has 0 bridgehead atoms. The molecule has 0 saturated carbocycles. The minimum atomic E-state index is -0.213. The highest BCUT2D eigenvalue weighted by Crippen LogP contribution is 1.88. The first-order valence-electron chi connectivity index (χ1n) is 2.46. The minimum Gasteiger partial charge on any atom is -0.314 e. The Morgan fingerprint density at radius 1 is 1.62 bits per heavy atom. The molecule has 0 aromatic heterocycles. The molecule has 1 aliphatic rings. The molecule has 1 fully saturated rings. The van der Waals surface area contributed by atoms with Gasteiger partial charge in [-0.05, 0) is 0 Å². The van der Waals surface area contributed by atoms with Crippen molar-refractivity contribution in [3.8, 4) is 6.07 Å². The molecule has 4 heteroatoms. The zero-order valence-electron chi connectivity index (χ0n) is 4.39. The molecular weight excluding hydrogens is 104 g/mol. The van der Waals surface area contributed by atoms with Crippen molar-refractivity contribution in [1.29, 1.82) is 5.26 Å². The van der Waals surface area contributed by atoms with Crippen LogP contribution in [0.25, 0.3) is 0 Å². The van der Waals surface area contributed by atoms with E-state index in [0.29, 0.717) is 6.67 Å². The first-order valence-corrected chi connectivity index (χ1v) is 2.46. The maximum Gasteiger partial charge on any atom is 0.125 e. The Morgan fingerprint density at radius 3 is 2.62 bits per heavy atom. The maximum absolute atomic E-state index is 8.30. The van der Waals surface area contributed by atoms with E-state index >= 15 is 0 Å². The molecule has 1 saturated heterocycles. The molecule has 44 valence electrons. The Labute approximate surface area is 47.7 Å². The number of hydrogen-bond acceptors (Lipinski definition) is 4. The SMILES string of the molecule is N#C[C@H]1NCN[C@@H]1N. The fraction of sp³-hybridized carbons (Fsp3) is 0.750. The second kappa shape index (κ2) is 2.09. The molecule has 2 atom stereocenters. The van der Waals surface area contributed by atoms with Crippen LogP contribution in [0.15, 0.2) is 0 Å². The van der Waals surface area contributed by atoms with Gasteiger partial charge in [0.1, 0.15) is 6.04 Å². The zero-order valence-corrected chi connectivity index (χ0v) is 4.39. The lowest BCUT2D eigenvalue weighted by molar-refractivity contribution is 0.607. The van der Waals surface area contributed by atoms with E-state index in [1.54, 1.807) is 0 Å². The van der Waals surface area contributed by atoms with Crippen LogP contribution in [-0.2, 0) is 0 Å². The van der Waals surface area contributed by atoms with Gasteiger partial charge in [0.15, 0.2) is 0 Å². The summed E-state index contributed by atoms with van der Waals surface area (Å²) < 4.78 is 0. The van der Waals surface area contributed by atoms with Gasteiger partial charge in [-0.25, -0.2) is 0 Å². The van der Waals surface area contributed by atoms with Gasteiger partial charge in [-0.3, -0.25) is 10.6 Å². The minimum absolute atomic E-state index is 0.194. The van der Waals surface area contributed by atoms with Gasteiger partial charge >= 0.3 is 0 Å². The molecule has 0 spiro atoms. The van der Waals surface area contributed by atoms with Gasteiger partial charge in [-0.1, -0.05) is 0 Å². The highest BCUT2D eigenvalue weighted by molar-refractivity contribution is 4.99. The summed E-state index contributed by atoms with van der Waals surface area (Å²) in [6.45, 7) is 0.638. The van der Waals surface area contributed by atoms with E-state index < -0.39 is 0 Å². The number of nitrogens with zero attached hydrogens (tertiary/aromatic N) is 1. The van der Waals surface area contributed by atoms with Crippen LogP contribution in [0.1, 0.15) is 0 Å². The molecule has 0 aromatic carbocycles. The molecule has 0 aromatic rings. The fourth-order valence-electron chi connectivity index (χ4n) is 0.657. The summed E-state index contributed by atoms with van der Waals surface area (Å²) in [6, 6.07) is 1.80. The van der Waals surface area contributed by atoms with Gasteiger partial charge < -0.3 is 5.73 Å². The van der Waals surface area contributed by atoms with Crippen LogP contribution in [0.5, 0.6) is 0 Å². The summed E-state index contributed by atoms with van der Waals surface area (Å²) in [5.41, 5.74) is 5.39. The van der Waals surface area contributed by atoms with Crippen LogP contribution in [-0.4, -0.2) is 18.9 Å². The van der Waals surface area contributed by atoms with E-state index in [2.05, 4.69) is 10.6 Å². The molecule has 4 nitrogen and oxygen atoms in total. The predicted molar refractivity (Wildman–Crippen MR) is 28.5 cm³/mol. The predicted octanol–water partition coefficient (Wildman–Crippen LogP) is -1.69. The molecule has 1 rings (SSSR count). The van der Waals surface area contributed by atoms with E-state index in [9.17, 15) is 0 Å². The molecule has 4 N–H and O–H groups in total. The summed E-state index contributed by atoms with van der Waals surface area (Å²) in [5, 5.41) is 14.0. The lowest BCUT2D eigenvalue weighted by atomic mass is 10.3. The van der Waals surface area contributed by atoms with Crippen molar-refractivity contribution in [1.82, 2.24) is 10.6 Å². The Kier molecular flexibility index (Phi) is 1.44. The van der Waals surface area contributed by atoms with Crippen LogP contribution >= 0.6 is 0 Å². The van der Waals surface area contributed by atoms with Crippen LogP contribution in [0.3, 0.4) is 0 Å². The Balaban J connectivity index is 2.45. The van der Waals surface area contributed by atoms with Crippen molar-refractivity contribution >= 4 is 0 Å². The van der Waals surface area contributed by atoms with Crippen molar-refractivity contribution in [2.45, 2.75) is 12.2 Å². The largest absolute Gasteiger partial charge is 0.314 e. The third-order valence-electron chi connectivity index (χ3n) is 1.16. The van der Waals surface area contributed by atoms with Crippen molar-refractivity contribution in [2.75, 3.05) is 6.67 Å². The standard InChI is InChI=1S/C4H8N4/c5-1-3-4(6)8-2-7-3/h3-4,7-8H,2,6H2/t3-,4+/m1/s1. The number of nitriles is 1. The first-order chi connectivity index (χ1) is 3.84. The van der Waals surface area contributed by atoms with Gasteiger partial charge in [-0.2, -0.15) is 5.26 Å². The quantitative estimate of drug-likeness (QED) is 0.349. The molecule has 1 aliphatic heterocycles. The summed E-state index contributed by atoms with van der Waals surface area (Å²) in [5.74, 6) is 0. The normalized spacial score (nSPS) is 37.0. The zero-order chi connectivity index (χ0) is 5.98. The number of nitrogens with two attached hydrogens (primary N) is 1. The van der Waals surface area contributed by atoms with Crippen LogP contribution in [0.2, 0.25) is 0 Å². The molecule has 0 aliphatic carbocycles. The van der Waals surface area contributed by atoms with Crippen molar-refractivity contribution < 1.29 is 0 Å². The number of nitrogens with one attached hydrogen (secondary N) is 2. The summed E-state index contributed by atoms with van der Waals surface area (Å²) in [7, 11) is 0. The van der Waals surface area contributed by atoms with Gasteiger partial charge in [0, 0.05) is 6.67 Å². The monoisotopic (exact) mass is 112 g/mol. The highest BCUT2D eigenvalue weighted by atomic mass is 15.2. The number of rotatable bonds is 0. The molecule has 0 unspecified atom stereocenters. The van der Waals surface area contributed by atoms with E-state index in [1.165, 1.54) is 0 Å². The number of hydrogen-bond donors (Lipinski definition) is 3. The second-order valence-electron chi connectivity index (χ2n) is 1.72. The first kappa shape index (κ1) is 5.51. The van der Waals surface area contributed by atoms with E-state index in [0.717, 1.165) is 0 Å². The topological polar surface area (TPSA) is 73.9 Å². The molecule has 8 heavy (non-hydrogen) atoms. The van der Waals surface area contributed by atoms with Crippen LogP contribution in [0.4, 0.5) is 0 Å². The third kappa shape index (κ3) is 0.793. The summed E-state index contributed by atoms with van der Waals surface area (Å²) in [4.78, 5) is 0. The Hall–Kier alpha value is -0.630. The maximum atomic E-state index is 8.30. The van der Waals surface area contributed by atoms with E-state index in [-0.39, 0.29) is 12.2 Å². The van der Waals surface area contributed by atoms with Crippen LogP contribution in [0, 0.1) is 11.3 Å². The Bertz CT molecular complexity index is 116. The molecule has 0 amide bonds. The average Bonchev–Trinajstić information content (AvgIpc) is 2.14. The summed E-state index contributed by atoms with van der Waals surface area (Å²) >= 11 is 0. The lowest BCUT2D eigenvalue weighted by Gasteiger charge is -2.02. The van der Waals surface area contributed by atoms with Crippen LogP contribution < -0.4 is 16.4 Å². The molecular formula is C4H8N4. The Morgan fingerprint density at radius 2 is 2.38 bits per heavy atom. The third-order valence-corrected chi connectivity index (χ3v) is 1.16. The van der Waals surface area contributed by atoms with Crippen molar-refractivity contribution in [2.24, 2.45) is 5.73 Å². The van der Waals surface area contributed by atoms with Gasteiger partial charge in [-0.15, -0.1) is 0 Å². The molecule has 1 heterocycles. The van der Waals surface area contributed by atoms with Gasteiger partial charge in [0.25, 0.3) is 0 Å². The van der Waals surface area contributed by atoms with E-state index in [4.69, 9.17) is 11.0 Å². The summed E-state index contributed by atoms with van der Waals surface area (Å²) in [6.07, 6.45) is -0.194. The average molecular weight is 112 g/mol. The highest BCUT2D eigenvalue weighted by Gasteiger charge is 2.20.